The Bertz CT molecular complexity index is 430. The fraction of sp³-hybridized carbons (Fsp3) is 0.583. The first-order chi connectivity index (χ1) is 8.59. The van der Waals surface area contributed by atoms with Gasteiger partial charge in [0, 0.05) is 26.0 Å². The zero-order valence-corrected chi connectivity index (χ0v) is 10.3. The smallest absolute Gasteiger partial charge is 0.354 e. The summed E-state index contributed by atoms with van der Waals surface area (Å²) in [6.45, 7) is 4.45. The standard InChI is InChI=1S/C12H17N3O3/c1-12(3-6-18-7-4-12)8-14-11-13-5-2-9(15-11)10(16)17/h2,5H,3-4,6-8H2,1H3,(H,16,17)(H,13,14,15). The van der Waals surface area contributed by atoms with Crippen molar-refractivity contribution >= 4 is 11.9 Å². The van der Waals surface area contributed by atoms with Crippen molar-refractivity contribution in [3.8, 4) is 0 Å². The molecule has 2 rings (SSSR count). The summed E-state index contributed by atoms with van der Waals surface area (Å²) in [5.74, 6) is -0.680. The molecular formula is C12H17N3O3. The predicted octanol–water partition coefficient (Wildman–Crippen LogP) is 1.40. The Labute approximate surface area is 105 Å². The molecule has 1 aromatic heterocycles. The highest BCUT2D eigenvalue weighted by Gasteiger charge is 2.27. The van der Waals surface area contributed by atoms with E-state index in [0.717, 1.165) is 32.6 Å². The summed E-state index contributed by atoms with van der Waals surface area (Å²) >= 11 is 0. The van der Waals surface area contributed by atoms with Crippen molar-refractivity contribution in [1.29, 1.82) is 0 Å². The van der Waals surface area contributed by atoms with Gasteiger partial charge in [0.1, 0.15) is 0 Å². The zero-order valence-electron chi connectivity index (χ0n) is 10.3. The highest BCUT2D eigenvalue weighted by atomic mass is 16.5. The maximum atomic E-state index is 10.8. The molecule has 0 aromatic carbocycles. The van der Waals surface area contributed by atoms with E-state index in [2.05, 4.69) is 22.2 Å². The predicted molar refractivity (Wildman–Crippen MR) is 65.6 cm³/mol. The van der Waals surface area contributed by atoms with E-state index in [1.807, 2.05) is 0 Å². The van der Waals surface area contributed by atoms with Gasteiger partial charge in [-0.15, -0.1) is 0 Å². The molecule has 0 amide bonds. The molecule has 6 heteroatoms. The van der Waals surface area contributed by atoms with Crippen molar-refractivity contribution in [1.82, 2.24) is 9.97 Å². The van der Waals surface area contributed by atoms with Crippen molar-refractivity contribution in [2.45, 2.75) is 19.8 Å². The normalized spacial score (nSPS) is 18.3. The highest BCUT2D eigenvalue weighted by molar-refractivity contribution is 5.85. The minimum absolute atomic E-state index is 0.00429. The van der Waals surface area contributed by atoms with Gasteiger partial charge in [-0.25, -0.2) is 14.8 Å². The largest absolute Gasteiger partial charge is 0.477 e. The van der Waals surface area contributed by atoms with Gasteiger partial charge in [0.25, 0.3) is 0 Å². The number of nitrogens with zero attached hydrogens (tertiary/aromatic N) is 2. The summed E-state index contributed by atoms with van der Waals surface area (Å²) in [5, 5.41) is 12.0. The Morgan fingerprint density at radius 2 is 2.28 bits per heavy atom. The number of carboxylic acid groups (broad SMARTS) is 1. The third kappa shape index (κ3) is 3.16. The Hall–Kier alpha value is -1.69. The molecule has 18 heavy (non-hydrogen) atoms. The van der Waals surface area contributed by atoms with Gasteiger partial charge in [-0.05, 0) is 24.3 Å². The lowest BCUT2D eigenvalue weighted by Crippen LogP contribution is -2.33. The molecule has 2 heterocycles. The Balaban J connectivity index is 1.97. The lowest BCUT2D eigenvalue weighted by Gasteiger charge is -2.33. The van der Waals surface area contributed by atoms with Crippen molar-refractivity contribution in [3.63, 3.8) is 0 Å². The maximum absolute atomic E-state index is 10.8. The Kier molecular flexibility index (Phi) is 3.76. The fourth-order valence-corrected chi connectivity index (χ4v) is 1.90. The van der Waals surface area contributed by atoms with Crippen LogP contribution in [0.15, 0.2) is 12.3 Å². The fourth-order valence-electron chi connectivity index (χ4n) is 1.90. The number of aromatic carboxylic acids is 1. The SMILES string of the molecule is CC1(CNc2nccc(C(=O)O)n2)CCOCC1. The van der Waals surface area contributed by atoms with Gasteiger partial charge in [-0.1, -0.05) is 6.92 Å². The van der Waals surface area contributed by atoms with Gasteiger partial charge in [-0.2, -0.15) is 0 Å². The molecule has 6 nitrogen and oxygen atoms in total. The van der Waals surface area contributed by atoms with E-state index in [9.17, 15) is 4.79 Å². The van der Waals surface area contributed by atoms with Gasteiger partial charge >= 0.3 is 5.97 Å². The van der Waals surface area contributed by atoms with Crippen LogP contribution in [0.1, 0.15) is 30.3 Å². The second-order valence-electron chi connectivity index (χ2n) is 4.85. The van der Waals surface area contributed by atoms with Gasteiger partial charge in [0.2, 0.25) is 5.95 Å². The van der Waals surface area contributed by atoms with E-state index >= 15 is 0 Å². The maximum Gasteiger partial charge on any atom is 0.354 e. The number of rotatable bonds is 4. The molecule has 1 aliphatic rings. The van der Waals surface area contributed by atoms with Crippen molar-refractivity contribution < 1.29 is 14.6 Å². The number of hydrogen-bond donors (Lipinski definition) is 2. The average Bonchev–Trinajstić information content (AvgIpc) is 2.38. The van der Waals surface area contributed by atoms with Crippen LogP contribution in [-0.2, 0) is 4.74 Å². The molecule has 1 aliphatic heterocycles. The van der Waals surface area contributed by atoms with E-state index in [0.29, 0.717) is 5.95 Å². The number of anilines is 1. The molecule has 1 aromatic rings. The van der Waals surface area contributed by atoms with Gasteiger partial charge in [0.15, 0.2) is 5.69 Å². The Morgan fingerprint density at radius 1 is 1.56 bits per heavy atom. The van der Waals surface area contributed by atoms with Gasteiger partial charge in [0.05, 0.1) is 0 Å². The quantitative estimate of drug-likeness (QED) is 0.841. The molecule has 98 valence electrons. The molecule has 0 saturated carbocycles. The third-order valence-corrected chi connectivity index (χ3v) is 3.25. The lowest BCUT2D eigenvalue weighted by atomic mass is 9.82. The second kappa shape index (κ2) is 5.30. The number of carboxylic acids is 1. The topological polar surface area (TPSA) is 84.3 Å². The van der Waals surface area contributed by atoms with Crippen LogP contribution in [0.25, 0.3) is 0 Å². The van der Waals surface area contributed by atoms with E-state index in [1.165, 1.54) is 12.3 Å². The minimum atomic E-state index is -1.04. The highest BCUT2D eigenvalue weighted by Crippen LogP contribution is 2.29. The summed E-state index contributed by atoms with van der Waals surface area (Å²) in [5.41, 5.74) is 0.158. The summed E-state index contributed by atoms with van der Waals surface area (Å²) in [4.78, 5) is 18.7. The van der Waals surface area contributed by atoms with E-state index in [1.54, 1.807) is 0 Å². The van der Waals surface area contributed by atoms with Crippen LogP contribution in [0.2, 0.25) is 0 Å². The Morgan fingerprint density at radius 3 is 2.94 bits per heavy atom. The monoisotopic (exact) mass is 251 g/mol. The van der Waals surface area contributed by atoms with Crippen LogP contribution >= 0.6 is 0 Å². The minimum Gasteiger partial charge on any atom is -0.477 e. The first kappa shape index (κ1) is 12.8. The van der Waals surface area contributed by atoms with Gasteiger partial charge < -0.3 is 15.2 Å². The van der Waals surface area contributed by atoms with E-state index in [-0.39, 0.29) is 11.1 Å². The number of hydrogen-bond acceptors (Lipinski definition) is 5. The van der Waals surface area contributed by atoms with E-state index in [4.69, 9.17) is 9.84 Å². The van der Waals surface area contributed by atoms with Crippen LogP contribution < -0.4 is 5.32 Å². The summed E-state index contributed by atoms with van der Waals surface area (Å²) in [7, 11) is 0. The number of aromatic nitrogens is 2. The van der Waals surface area contributed by atoms with E-state index < -0.39 is 5.97 Å². The molecule has 2 N–H and O–H groups in total. The van der Waals surface area contributed by atoms with Crippen molar-refractivity contribution in [2.24, 2.45) is 5.41 Å². The first-order valence-corrected chi connectivity index (χ1v) is 5.97. The molecule has 0 radical (unpaired) electrons. The molecule has 1 saturated heterocycles. The van der Waals surface area contributed by atoms with Crippen LogP contribution in [0.3, 0.4) is 0 Å². The summed E-state index contributed by atoms with van der Waals surface area (Å²) in [6, 6.07) is 1.38. The van der Waals surface area contributed by atoms with Crippen LogP contribution in [0.5, 0.6) is 0 Å². The molecule has 0 aliphatic carbocycles. The third-order valence-electron chi connectivity index (χ3n) is 3.25. The summed E-state index contributed by atoms with van der Waals surface area (Å²) in [6.07, 6.45) is 3.42. The number of carbonyl (C=O) groups is 1. The van der Waals surface area contributed by atoms with Crippen LogP contribution in [0.4, 0.5) is 5.95 Å². The molecule has 0 bridgehead atoms. The summed E-state index contributed by atoms with van der Waals surface area (Å²) < 4.78 is 5.33. The van der Waals surface area contributed by atoms with Crippen LogP contribution in [-0.4, -0.2) is 40.8 Å². The molecule has 0 unspecified atom stereocenters. The molecule has 1 fully saturated rings. The van der Waals surface area contributed by atoms with Crippen LogP contribution in [0, 0.1) is 5.41 Å². The molecule has 0 atom stereocenters. The average molecular weight is 251 g/mol. The zero-order chi connectivity index (χ0) is 13.0. The van der Waals surface area contributed by atoms with Crippen molar-refractivity contribution in [3.05, 3.63) is 18.0 Å². The number of ether oxygens (including phenoxy) is 1. The molecular weight excluding hydrogens is 234 g/mol. The molecule has 0 spiro atoms. The second-order valence-corrected chi connectivity index (χ2v) is 4.85. The lowest BCUT2D eigenvalue weighted by molar-refractivity contribution is 0.0299. The first-order valence-electron chi connectivity index (χ1n) is 5.97. The van der Waals surface area contributed by atoms with Gasteiger partial charge in [-0.3, -0.25) is 0 Å². The number of nitrogens with one attached hydrogen (secondary N) is 1. The van der Waals surface area contributed by atoms with Crippen molar-refractivity contribution in [2.75, 3.05) is 25.1 Å².